The molecule has 0 bridgehead atoms. The number of nitrogens with zero attached hydrogens (tertiary/aromatic N) is 2. The summed E-state index contributed by atoms with van der Waals surface area (Å²) in [6.07, 6.45) is 0. The molecule has 0 atom stereocenters. The second kappa shape index (κ2) is 4.81. The van der Waals surface area contributed by atoms with Crippen LogP contribution in [-0.4, -0.2) is 9.97 Å². The molecule has 2 heteroatoms. The lowest BCUT2D eigenvalue weighted by Gasteiger charge is -2.10. The summed E-state index contributed by atoms with van der Waals surface area (Å²) in [4.78, 5) is 9.29. The van der Waals surface area contributed by atoms with Gasteiger partial charge in [-0.25, -0.2) is 9.97 Å². The van der Waals surface area contributed by atoms with Gasteiger partial charge in [0, 0.05) is 16.9 Å². The highest BCUT2D eigenvalue weighted by molar-refractivity contribution is 5.92. The lowest BCUT2D eigenvalue weighted by molar-refractivity contribution is 0.784. The van der Waals surface area contributed by atoms with Crippen LogP contribution in [0.1, 0.15) is 27.0 Å². The molecule has 0 spiro atoms. The predicted octanol–water partition coefficient (Wildman–Crippen LogP) is 4.42. The van der Waals surface area contributed by atoms with Crippen LogP contribution in [0.4, 0.5) is 0 Å². The topological polar surface area (TPSA) is 25.8 Å². The van der Waals surface area contributed by atoms with E-state index < -0.39 is 0 Å². The molecule has 0 radical (unpaired) electrons. The molecule has 0 aliphatic heterocycles. The number of rotatable bonds is 2. The van der Waals surface area contributed by atoms with Crippen molar-refractivity contribution in [2.45, 2.75) is 19.8 Å². The second-order valence-corrected chi connectivity index (χ2v) is 4.88. The maximum Gasteiger partial charge on any atom is 0.132 e. The van der Waals surface area contributed by atoms with E-state index >= 15 is 0 Å². The molecule has 0 aliphatic rings. The molecular weight excluding hydrogens is 232 g/mol. The number of para-hydroxylation sites is 1. The Kier molecular flexibility index (Phi) is 2.70. The molecule has 1 heterocycles. The number of hydrogen-bond donors (Lipinski definition) is 0. The Morgan fingerprint density at radius 2 is 1.68 bits per heavy atom. The van der Waals surface area contributed by atoms with Crippen molar-refractivity contribution in [2.24, 2.45) is 0 Å². The average Bonchev–Trinajstić information content (AvgIpc) is 2.47. The van der Waals surface area contributed by atoms with Crippen molar-refractivity contribution in [2.75, 3.05) is 0 Å². The minimum Gasteiger partial charge on any atom is -0.233 e. The number of fused-ring (bicyclic) bond motifs is 1. The molecule has 3 rings (SSSR count). The predicted molar refractivity (Wildman–Crippen MR) is 79.1 cm³/mol. The molecule has 94 valence electrons. The van der Waals surface area contributed by atoms with Gasteiger partial charge in [-0.2, -0.15) is 0 Å². The second-order valence-electron chi connectivity index (χ2n) is 4.88. The fourth-order valence-electron chi connectivity index (χ4n) is 2.09. The Hall–Kier alpha value is -2.22. The molecule has 0 aliphatic carbocycles. The van der Waals surface area contributed by atoms with Gasteiger partial charge in [0.1, 0.15) is 5.82 Å². The van der Waals surface area contributed by atoms with Crippen LogP contribution in [0.3, 0.4) is 0 Å². The molecule has 0 saturated heterocycles. The van der Waals surface area contributed by atoms with Crippen LogP contribution in [0.15, 0.2) is 54.6 Å². The van der Waals surface area contributed by atoms with Crippen LogP contribution >= 0.6 is 0 Å². The van der Waals surface area contributed by atoms with E-state index in [1.807, 2.05) is 42.5 Å². The van der Waals surface area contributed by atoms with Gasteiger partial charge in [0.15, 0.2) is 0 Å². The van der Waals surface area contributed by atoms with Crippen molar-refractivity contribution in [3.8, 4) is 11.3 Å². The SMILES string of the molecule is [2H]c1cccc2nc(C(C)C)nc(-c3ccccc3)c12. The van der Waals surface area contributed by atoms with Crippen molar-refractivity contribution in [1.82, 2.24) is 9.97 Å². The molecule has 0 fully saturated rings. The summed E-state index contributed by atoms with van der Waals surface area (Å²) in [5.74, 6) is 1.08. The van der Waals surface area contributed by atoms with Crippen molar-refractivity contribution < 1.29 is 1.37 Å². The molecular formula is C17H16N2. The Balaban J connectivity index is 2.38. The fourth-order valence-corrected chi connectivity index (χ4v) is 2.09. The first-order chi connectivity index (χ1) is 9.66. The van der Waals surface area contributed by atoms with E-state index in [2.05, 4.69) is 18.8 Å². The fraction of sp³-hybridized carbons (Fsp3) is 0.176. The Bertz CT molecular complexity index is 752. The highest BCUT2D eigenvalue weighted by Crippen LogP contribution is 2.27. The first-order valence-corrected chi connectivity index (χ1v) is 6.49. The molecule has 19 heavy (non-hydrogen) atoms. The quantitative estimate of drug-likeness (QED) is 0.672. The molecule has 3 aromatic rings. The zero-order chi connectivity index (χ0) is 14.1. The van der Waals surface area contributed by atoms with Crippen molar-refractivity contribution in [3.63, 3.8) is 0 Å². The van der Waals surface area contributed by atoms with Crippen molar-refractivity contribution >= 4 is 10.9 Å². The maximum absolute atomic E-state index is 8.15. The zero-order valence-corrected chi connectivity index (χ0v) is 11.1. The Morgan fingerprint density at radius 3 is 2.42 bits per heavy atom. The molecule has 0 N–H and O–H groups in total. The lowest BCUT2D eigenvalue weighted by Crippen LogP contribution is -2.00. The molecule has 2 nitrogen and oxygen atoms in total. The summed E-state index contributed by atoms with van der Waals surface area (Å²) in [7, 11) is 0. The van der Waals surface area contributed by atoms with Crippen LogP contribution in [0.5, 0.6) is 0 Å². The van der Waals surface area contributed by atoms with E-state index in [-0.39, 0.29) is 5.92 Å². The first kappa shape index (κ1) is 10.7. The van der Waals surface area contributed by atoms with Crippen molar-refractivity contribution in [1.29, 1.82) is 0 Å². The van der Waals surface area contributed by atoms with Gasteiger partial charge in [0.05, 0.1) is 12.6 Å². The molecule has 0 saturated carbocycles. The zero-order valence-electron chi connectivity index (χ0n) is 12.1. The highest BCUT2D eigenvalue weighted by Gasteiger charge is 2.11. The van der Waals surface area contributed by atoms with Gasteiger partial charge in [-0.15, -0.1) is 0 Å². The minimum absolute atomic E-state index is 0.260. The maximum atomic E-state index is 8.15. The Labute approximate surface area is 114 Å². The van der Waals surface area contributed by atoms with Crippen LogP contribution in [0.25, 0.3) is 22.2 Å². The largest absolute Gasteiger partial charge is 0.233 e. The third-order valence-corrected chi connectivity index (χ3v) is 3.10. The van der Waals surface area contributed by atoms with Gasteiger partial charge in [-0.05, 0) is 6.07 Å². The van der Waals surface area contributed by atoms with Crippen LogP contribution in [0, 0.1) is 0 Å². The molecule has 1 aromatic heterocycles. The summed E-state index contributed by atoms with van der Waals surface area (Å²) in [5.41, 5.74) is 2.72. The third kappa shape index (κ3) is 2.22. The van der Waals surface area contributed by atoms with Crippen LogP contribution in [0.2, 0.25) is 0 Å². The van der Waals surface area contributed by atoms with E-state index in [1.165, 1.54) is 0 Å². The van der Waals surface area contributed by atoms with E-state index in [0.717, 1.165) is 28.0 Å². The van der Waals surface area contributed by atoms with Crippen LogP contribution in [-0.2, 0) is 0 Å². The lowest BCUT2D eigenvalue weighted by atomic mass is 10.1. The van der Waals surface area contributed by atoms with Gasteiger partial charge in [-0.3, -0.25) is 0 Å². The summed E-state index contributed by atoms with van der Waals surface area (Å²) < 4.78 is 8.15. The van der Waals surface area contributed by atoms with Gasteiger partial charge in [0.2, 0.25) is 0 Å². The van der Waals surface area contributed by atoms with Gasteiger partial charge in [-0.1, -0.05) is 62.4 Å². The van der Waals surface area contributed by atoms with Gasteiger partial charge < -0.3 is 0 Å². The Morgan fingerprint density at radius 1 is 0.947 bits per heavy atom. The summed E-state index contributed by atoms with van der Waals surface area (Å²) in [6.45, 7) is 4.17. The van der Waals surface area contributed by atoms with Crippen molar-refractivity contribution in [3.05, 3.63) is 60.4 Å². The first-order valence-electron chi connectivity index (χ1n) is 6.99. The smallest absolute Gasteiger partial charge is 0.132 e. The standard InChI is InChI=1S/C17H16N2/c1-12(2)17-18-15-11-7-6-10-14(15)16(19-17)13-8-4-3-5-9-13/h3-12H,1-2H3/i10D. The summed E-state index contributed by atoms with van der Waals surface area (Å²) in [6, 6.07) is 16.1. The molecule has 0 amide bonds. The minimum atomic E-state index is 0.260. The normalized spacial score (nSPS) is 11.8. The van der Waals surface area contributed by atoms with E-state index in [0.29, 0.717) is 6.04 Å². The third-order valence-electron chi connectivity index (χ3n) is 3.10. The average molecular weight is 249 g/mol. The summed E-state index contributed by atoms with van der Waals surface area (Å²) >= 11 is 0. The molecule has 0 unspecified atom stereocenters. The van der Waals surface area contributed by atoms with Gasteiger partial charge in [0.25, 0.3) is 0 Å². The van der Waals surface area contributed by atoms with E-state index in [9.17, 15) is 0 Å². The van der Waals surface area contributed by atoms with E-state index in [1.54, 1.807) is 6.07 Å². The number of aromatic nitrogens is 2. The monoisotopic (exact) mass is 249 g/mol. The molecule has 2 aromatic carbocycles. The number of benzene rings is 2. The van der Waals surface area contributed by atoms with E-state index in [4.69, 9.17) is 6.35 Å². The highest BCUT2D eigenvalue weighted by atomic mass is 14.9. The summed E-state index contributed by atoms with van der Waals surface area (Å²) in [5, 5.41) is 0.822. The van der Waals surface area contributed by atoms with Gasteiger partial charge >= 0.3 is 0 Å². The number of hydrogen-bond acceptors (Lipinski definition) is 2. The van der Waals surface area contributed by atoms with Crippen LogP contribution < -0.4 is 0 Å².